The van der Waals surface area contributed by atoms with E-state index in [1.165, 1.54) is 0 Å². The highest BCUT2D eigenvalue weighted by Crippen LogP contribution is 2.26. The van der Waals surface area contributed by atoms with Gasteiger partial charge in [-0.3, -0.25) is 9.80 Å². The average molecular weight is 398 g/mol. The number of aromatic nitrogens is 2. The molecule has 0 radical (unpaired) electrons. The number of carboxylic acid groups (broad SMARTS) is 1. The van der Waals surface area contributed by atoms with Crippen LogP contribution in [0, 0.1) is 0 Å². The summed E-state index contributed by atoms with van der Waals surface area (Å²) >= 11 is 1.60. The SMILES string of the molecule is CC(c1nc(-c2cccs2)no1)N1CCN(Cc2cccc(C(=O)O)c2)CC1. The van der Waals surface area contributed by atoms with Crippen molar-refractivity contribution in [3.8, 4) is 10.7 Å². The molecule has 0 aliphatic carbocycles. The third kappa shape index (κ3) is 4.14. The van der Waals surface area contributed by atoms with Gasteiger partial charge in [-0.05, 0) is 36.1 Å². The van der Waals surface area contributed by atoms with Crippen LogP contribution in [0.25, 0.3) is 10.7 Å². The highest BCUT2D eigenvalue weighted by Gasteiger charge is 2.26. The molecule has 1 aromatic carbocycles. The molecule has 3 heterocycles. The molecule has 1 atom stereocenters. The number of benzene rings is 1. The van der Waals surface area contributed by atoms with Crippen LogP contribution in [0.3, 0.4) is 0 Å². The van der Waals surface area contributed by atoms with E-state index >= 15 is 0 Å². The Labute approximate surface area is 167 Å². The molecule has 146 valence electrons. The molecule has 1 N–H and O–H groups in total. The number of carboxylic acids is 1. The van der Waals surface area contributed by atoms with Gasteiger partial charge < -0.3 is 9.63 Å². The maximum atomic E-state index is 11.1. The molecule has 3 aromatic rings. The van der Waals surface area contributed by atoms with E-state index in [4.69, 9.17) is 9.63 Å². The van der Waals surface area contributed by atoms with Gasteiger partial charge in [0.2, 0.25) is 11.7 Å². The summed E-state index contributed by atoms with van der Waals surface area (Å²) in [5, 5.41) is 15.2. The lowest BCUT2D eigenvalue weighted by molar-refractivity contribution is 0.0696. The Bertz CT molecular complexity index is 933. The van der Waals surface area contributed by atoms with Gasteiger partial charge in [-0.1, -0.05) is 23.4 Å². The summed E-state index contributed by atoms with van der Waals surface area (Å²) in [6.07, 6.45) is 0. The number of thiophene rings is 1. The van der Waals surface area contributed by atoms with Crippen molar-refractivity contribution in [3.63, 3.8) is 0 Å². The molecule has 1 fully saturated rings. The Hall–Kier alpha value is -2.55. The second-order valence-corrected chi connectivity index (χ2v) is 7.87. The van der Waals surface area contributed by atoms with Gasteiger partial charge in [0.25, 0.3) is 0 Å². The summed E-state index contributed by atoms with van der Waals surface area (Å²) in [4.78, 5) is 21.4. The van der Waals surface area contributed by atoms with Gasteiger partial charge in [-0.25, -0.2) is 4.79 Å². The van der Waals surface area contributed by atoms with Crippen LogP contribution in [0.1, 0.15) is 34.8 Å². The van der Waals surface area contributed by atoms with Crippen LogP contribution in [0.4, 0.5) is 0 Å². The van der Waals surface area contributed by atoms with E-state index < -0.39 is 5.97 Å². The first-order valence-electron chi connectivity index (χ1n) is 9.26. The van der Waals surface area contributed by atoms with Crippen LogP contribution < -0.4 is 0 Å². The van der Waals surface area contributed by atoms with Crippen LogP contribution in [-0.2, 0) is 6.54 Å². The number of piperazine rings is 1. The lowest BCUT2D eigenvalue weighted by Gasteiger charge is -2.36. The van der Waals surface area contributed by atoms with Crippen LogP contribution in [0.15, 0.2) is 46.3 Å². The standard InChI is InChI=1S/C20H22N4O3S/c1-14(19-21-18(22-27-19)17-6-3-11-28-17)24-9-7-23(8-10-24)13-15-4-2-5-16(12-15)20(25)26/h2-6,11-12,14H,7-10,13H2,1H3,(H,25,26). The molecule has 1 saturated heterocycles. The highest BCUT2D eigenvalue weighted by molar-refractivity contribution is 7.13. The minimum Gasteiger partial charge on any atom is -0.478 e. The fourth-order valence-corrected chi connectivity index (χ4v) is 4.09. The lowest BCUT2D eigenvalue weighted by Crippen LogP contribution is -2.46. The second kappa shape index (κ2) is 8.22. The quantitative estimate of drug-likeness (QED) is 0.681. The molecule has 1 unspecified atom stereocenters. The molecule has 0 spiro atoms. The number of hydrogen-bond acceptors (Lipinski definition) is 7. The summed E-state index contributed by atoms with van der Waals surface area (Å²) in [6.45, 7) is 6.47. The Morgan fingerprint density at radius 1 is 1.25 bits per heavy atom. The first-order valence-corrected chi connectivity index (χ1v) is 10.1. The van der Waals surface area contributed by atoms with E-state index in [-0.39, 0.29) is 6.04 Å². The predicted octanol–water partition coefficient (Wildman–Crippen LogP) is 3.38. The van der Waals surface area contributed by atoms with Gasteiger partial charge in [0.05, 0.1) is 16.5 Å². The molecule has 0 amide bonds. The third-order valence-electron chi connectivity index (χ3n) is 5.08. The van der Waals surface area contributed by atoms with E-state index in [1.807, 2.05) is 23.6 Å². The molecular weight excluding hydrogens is 376 g/mol. The normalized spacial score (nSPS) is 16.9. The molecule has 2 aromatic heterocycles. The molecule has 1 aliphatic rings. The Balaban J connectivity index is 1.34. The predicted molar refractivity (Wildman–Crippen MR) is 106 cm³/mol. The molecule has 4 rings (SSSR count). The first kappa shape index (κ1) is 18.8. The largest absolute Gasteiger partial charge is 0.478 e. The average Bonchev–Trinajstić information content (AvgIpc) is 3.40. The van der Waals surface area contributed by atoms with Crippen LogP contribution >= 0.6 is 11.3 Å². The smallest absolute Gasteiger partial charge is 0.335 e. The maximum Gasteiger partial charge on any atom is 0.335 e. The van der Waals surface area contributed by atoms with E-state index in [2.05, 4.69) is 26.9 Å². The van der Waals surface area contributed by atoms with E-state index in [0.717, 1.165) is 43.2 Å². The third-order valence-corrected chi connectivity index (χ3v) is 5.94. The van der Waals surface area contributed by atoms with E-state index in [9.17, 15) is 4.79 Å². The van der Waals surface area contributed by atoms with Crippen LogP contribution in [0.5, 0.6) is 0 Å². The van der Waals surface area contributed by atoms with Crippen molar-refractivity contribution in [2.24, 2.45) is 0 Å². The summed E-state index contributed by atoms with van der Waals surface area (Å²) in [5.41, 5.74) is 1.36. The Kier molecular flexibility index (Phi) is 5.52. The summed E-state index contributed by atoms with van der Waals surface area (Å²) in [5.74, 6) is 0.404. The summed E-state index contributed by atoms with van der Waals surface area (Å²) in [6, 6.07) is 11.2. The van der Waals surface area contributed by atoms with Gasteiger partial charge >= 0.3 is 5.97 Å². The minimum atomic E-state index is -0.887. The van der Waals surface area contributed by atoms with Gasteiger partial charge in [-0.15, -0.1) is 11.3 Å². The summed E-state index contributed by atoms with van der Waals surface area (Å²) < 4.78 is 5.50. The molecule has 28 heavy (non-hydrogen) atoms. The summed E-state index contributed by atoms with van der Waals surface area (Å²) in [7, 11) is 0. The monoisotopic (exact) mass is 398 g/mol. The van der Waals surface area contributed by atoms with Crippen molar-refractivity contribution in [1.29, 1.82) is 0 Å². The number of aromatic carboxylic acids is 1. The highest BCUT2D eigenvalue weighted by atomic mass is 32.1. The van der Waals surface area contributed by atoms with Crippen molar-refractivity contribution >= 4 is 17.3 Å². The topological polar surface area (TPSA) is 82.7 Å². The van der Waals surface area contributed by atoms with Crippen LogP contribution in [-0.4, -0.2) is 57.2 Å². The number of nitrogens with zero attached hydrogens (tertiary/aromatic N) is 4. The molecule has 1 aliphatic heterocycles. The Morgan fingerprint density at radius 3 is 2.79 bits per heavy atom. The van der Waals surface area contributed by atoms with Crippen molar-refractivity contribution in [3.05, 3.63) is 58.8 Å². The number of hydrogen-bond donors (Lipinski definition) is 1. The molecule has 0 saturated carbocycles. The lowest BCUT2D eigenvalue weighted by atomic mass is 10.1. The minimum absolute atomic E-state index is 0.0682. The van der Waals surface area contributed by atoms with Crippen molar-refractivity contribution < 1.29 is 14.4 Å². The van der Waals surface area contributed by atoms with Gasteiger partial charge in [0, 0.05) is 32.7 Å². The van der Waals surface area contributed by atoms with Crippen molar-refractivity contribution in [2.45, 2.75) is 19.5 Å². The molecular formula is C20H22N4O3S. The van der Waals surface area contributed by atoms with E-state index in [0.29, 0.717) is 17.3 Å². The first-order chi connectivity index (χ1) is 13.6. The zero-order valence-corrected chi connectivity index (χ0v) is 16.4. The van der Waals surface area contributed by atoms with E-state index in [1.54, 1.807) is 29.5 Å². The van der Waals surface area contributed by atoms with Crippen LogP contribution in [0.2, 0.25) is 0 Å². The van der Waals surface area contributed by atoms with Gasteiger partial charge in [-0.2, -0.15) is 4.98 Å². The zero-order valence-electron chi connectivity index (χ0n) is 15.6. The fourth-order valence-electron chi connectivity index (χ4n) is 3.44. The molecule has 7 nitrogen and oxygen atoms in total. The molecule has 8 heteroatoms. The van der Waals surface area contributed by atoms with Gasteiger partial charge in [0.15, 0.2) is 0 Å². The van der Waals surface area contributed by atoms with Crippen molar-refractivity contribution in [2.75, 3.05) is 26.2 Å². The Morgan fingerprint density at radius 2 is 2.07 bits per heavy atom. The van der Waals surface area contributed by atoms with Crippen molar-refractivity contribution in [1.82, 2.24) is 19.9 Å². The number of carbonyl (C=O) groups is 1. The van der Waals surface area contributed by atoms with Gasteiger partial charge in [0.1, 0.15) is 0 Å². The molecule has 0 bridgehead atoms. The fraction of sp³-hybridized carbons (Fsp3) is 0.350. The second-order valence-electron chi connectivity index (χ2n) is 6.93. The maximum absolute atomic E-state index is 11.1. The zero-order chi connectivity index (χ0) is 19.5. The number of rotatable bonds is 6.